The summed E-state index contributed by atoms with van der Waals surface area (Å²) in [5.41, 5.74) is 3.29. The van der Waals surface area contributed by atoms with Crippen LogP contribution in [0.5, 0.6) is 0 Å². The third kappa shape index (κ3) is 4.99. The third-order valence-corrected chi connectivity index (χ3v) is 5.40. The highest BCUT2D eigenvalue weighted by Gasteiger charge is 2.25. The summed E-state index contributed by atoms with van der Waals surface area (Å²) in [5, 5.41) is 25.8. The molecule has 0 aliphatic rings. The van der Waals surface area contributed by atoms with Crippen LogP contribution in [0.25, 0.3) is 16.9 Å². The maximum Gasteiger partial charge on any atom is 0.256 e. The van der Waals surface area contributed by atoms with E-state index in [-0.39, 0.29) is 30.7 Å². The molecule has 1 amide bonds. The van der Waals surface area contributed by atoms with E-state index in [1.54, 1.807) is 46.4 Å². The van der Waals surface area contributed by atoms with E-state index < -0.39 is 0 Å². The molecular formula is C24H23FN8O. The van der Waals surface area contributed by atoms with Gasteiger partial charge in [-0.15, -0.1) is 5.10 Å². The van der Waals surface area contributed by atoms with Gasteiger partial charge in [-0.05, 0) is 50.2 Å². The molecule has 0 spiro atoms. The summed E-state index contributed by atoms with van der Waals surface area (Å²) in [6.45, 7) is 4.44. The molecule has 0 bridgehead atoms. The number of nitrogens with zero attached hydrogens (tertiary/aromatic N) is 8. The molecule has 4 aromatic rings. The highest BCUT2D eigenvalue weighted by atomic mass is 19.1. The van der Waals surface area contributed by atoms with Crippen LogP contribution < -0.4 is 0 Å². The fraction of sp³-hybridized carbons (Fsp3) is 0.250. The normalized spacial score (nSPS) is 11.7. The largest absolute Gasteiger partial charge is 0.333 e. The summed E-state index contributed by atoms with van der Waals surface area (Å²) in [6, 6.07) is 13.3. The Labute approximate surface area is 196 Å². The van der Waals surface area contributed by atoms with E-state index in [1.165, 1.54) is 16.9 Å². The van der Waals surface area contributed by atoms with Gasteiger partial charge in [0.05, 0.1) is 48.9 Å². The van der Waals surface area contributed by atoms with E-state index in [4.69, 9.17) is 0 Å². The third-order valence-electron chi connectivity index (χ3n) is 5.40. The zero-order chi connectivity index (χ0) is 24.1. The number of halogens is 1. The molecule has 0 saturated carbocycles. The van der Waals surface area contributed by atoms with Crippen LogP contribution in [-0.2, 0) is 6.54 Å². The zero-order valence-electron chi connectivity index (χ0n) is 18.8. The van der Waals surface area contributed by atoms with Crippen LogP contribution in [0.1, 0.15) is 29.3 Å². The summed E-state index contributed by atoms with van der Waals surface area (Å²) >= 11 is 0. The minimum absolute atomic E-state index is 0.190. The van der Waals surface area contributed by atoms with Crippen LogP contribution in [0.15, 0.2) is 61.1 Å². The molecule has 0 aliphatic carbocycles. The smallest absolute Gasteiger partial charge is 0.256 e. The molecule has 0 radical (unpaired) electrons. The van der Waals surface area contributed by atoms with Crippen LogP contribution in [0.3, 0.4) is 0 Å². The number of amides is 1. The fourth-order valence-electron chi connectivity index (χ4n) is 3.69. The maximum absolute atomic E-state index is 13.7. The monoisotopic (exact) mass is 458 g/mol. The predicted octanol–water partition coefficient (Wildman–Crippen LogP) is 3.42. The van der Waals surface area contributed by atoms with Gasteiger partial charge in [-0.25, -0.2) is 9.07 Å². The van der Waals surface area contributed by atoms with E-state index in [0.717, 1.165) is 11.1 Å². The van der Waals surface area contributed by atoms with E-state index in [0.29, 0.717) is 23.5 Å². The summed E-state index contributed by atoms with van der Waals surface area (Å²) in [7, 11) is 0. The highest BCUT2D eigenvalue weighted by Crippen LogP contribution is 2.20. The second kappa shape index (κ2) is 10.0. The van der Waals surface area contributed by atoms with Gasteiger partial charge in [0.2, 0.25) is 0 Å². The van der Waals surface area contributed by atoms with E-state index >= 15 is 0 Å². The number of rotatable bonds is 8. The number of benzene rings is 2. The number of carbonyl (C=O) groups is 1. The molecule has 9 nitrogen and oxygen atoms in total. The standard InChI is InChI=1S/C24H23FN8O/c1-17-4-9-23(33-27-11-12-28-33)21(14-17)24(34)32(13-3-10-26)18(2)15-31-16-22(29-30-31)19-5-7-20(25)8-6-19/h4-9,11-12,14,16,18H,3,13,15H2,1-2H3/t18-/m0/s1. The number of nitriles is 1. The molecule has 0 N–H and O–H groups in total. The summed E-state index contributed by atoms with van der Waals surface area (Å²) in [5.74, 6) is -0.546. The molecule has 2 heterocycles. The van der Waals surface area contributed by atoms with Crippen molar-refractivity contribution < 1.29 is 9.18 Å². The summed E-state index contributed by atoms with van der Waals surface area (Å²) < 4.78 is 14.9. The van der Waals surface area contributed by atoms with E-state index in [1.807, 2.05) is 26.0 Å². The summed E-state index contributed by atoms with van der Waals surface area (Å²) in [6.07, 6.45) is 5.04. The molecular weight excluding hydrogens is 435 g/mol. The molecule has 172 valence electrons. The average molecular weight is 459 g/mol. The lowest BCUT2D eigenvalue weighted by Crippen LogP contribution is -2.42. The molecule has 0 aliphatic heterocycles. The number of hydrogen-bond acceptors (Lipinski definition) is 6. The lowest BCUT2D eigenvalue weighted by atomic mass is 10.1. The van der Waals surface area contributed by atoms with E-state index in [2.05, 4.69) is 26.6 Å². The van der Waals surface area contributed by atoms with Crippen molar-refractivity contribution >= 4 is 5.91 Å². The van der Waals surface area contributed by atoms with Crippen molar-refractivity contribution in [2.24, 2.45) is 0 Å². The Balaban J connectivity index is 1.59. The Hall–Kier alpha value is -4.39. The Bertz CT molecular complexity index is 1310. The van der Waals surface area contributed by atoms with Gasteiger partial charge in [0.25, 0.3) is 5.91 Å². The maximum atomic E-state index is 13.7. The van der Waals surface area contributed by atoms with Crippen LogP contribution >= 0.6 is 0 Å². The molecule has 0 saturated heterocycles. The van der Waals surface area contributed by atoms with Crippen LogP contribution in [0.4, 0.5) is 4.39 Å². The Morgan fingerprint density at radius 3 is 2.62 bits per heavy atom. The number of carbonyl (C=O) groups excluding carboxylic acids is 1. The Kier molecular flexibility index (Phi) is 6.73. The Morgan fingerprint density at radius 1 is 1.18 bits per heavy atom. The minimum Gasteiger partial charge on any atom is -0.333 e. The molecule has 1 atom stereocenters. The van der Waals surface area contributed by atoms with Gasteiger partial charge < -0.3 is 4.90 Å². The Morgan fingerprint density at radius 2 is 1.91 bits per heavy atom. The van der Waals surface area contributed by atoms with Gasteiger partial charge in [-0.2, -0.15) is 20.3 Å². The average Bonchev–Trinajstić information content (AvgIpc) is 3.52. The van der Waals surface area contributed by atoms with Crippen molar-refractivity contribution in [1.29, 1.82) is 5.26 Å². The zero-order valence-corrected chi connectivity index (χ0v) is 18.8. The number of aryl methyl sites for hydroxylation is 1. The number of hydrogen-bond donors (Lipinski definition) is 0. The predicted molar refractivity (Wildman–Crippen MR) is 122 cm³/mol. The first-order valence-electron chi connectivity index (χ1n) is 10.8. The van der Waals surface area contributed by atoms with Gasteiger partial charge in [0.15, 0.2) is 0 Å². The fourth-order valence-corrected chi connectivity index (χ4v) is 3.69. The first-order valence-corrected chi connectivity index (χ1v) is 10.8. The van der Waals surface area contributed by atoms with Crippen molar-refractivity contribution in [3.05, 3.63) is 78.0 Å². The molecule has 2 aromatic heterocycles. The van der Waals surface area contributed by atoms with Crippen LogP contribution in [0.2, 0.25) is 0 Å². The van der Waals surface area contributed by atoms with Crippen molar-refractivity contribution in [2.45, 2.75) is 32.9 Å². The topological polar surface area (TPSA) is 106 Å². The molecule has 10 heteroatoms. The quantitative estimate of drug-likeness (QED) is 0.401. The molecule has 4 rings (SSSR count). The lowest BCUT2D eigenvalue weighted by molar-refractivity contribution is 0.0676. The first-order chi connectivity index (χ1) is 16.5. The molecule has 0 fully saturated rings. The van der Waals surface area contributed by atoms with Gasteiger partial charge in [0.1, 0.15) is 11.5 Å². The van der Waals surface area contributed by atoms with Crippen molar-refractivity contribution in [3.8, 4) is 23.0 Å². The van der Waals surface area contributed by atoms with Gasteiger partial charge in [-0.3, -0.25) is 4.79 Å². The van der Waals surface area contributed by atoms with Crippen molar-refractivity contribution in [3.63, 3.8) is 0 Å². The van der Waals surface area contributed by atoms with Crippen LogP contribution in [-0.4, -0.2) is 53.4 Å². The van der Waals surface area contributed by atoms with Crippen molar-refractivity contribution in [2.75, 3.05) is 6.54 Å². The molecule has 0 unspecified atom stereocenters. The second-order valence-electron chi connectivity index (χ2n) is 7.93. The molecule has 34 heavy (non-hydrogen) atoms. The minimum atomic E-state index is -0.322. The first kappa shape index (κ1) is 22.8. The molecule has 2 aromatic carbocycles. The van der Waals surface area contributed by atoms with Gasteiger partial charge in [-0.1, -0.05) is 16.8 Å². The van der Waals surface area contributed by atoms with Gasteiger partial charge >= 0.3 is 0 Å². The highest BCUT2D eigenvalue weighted by molar-refractivity contribution is 5.98. The summed E-state index contributed by atoms with van der Waals surface area (Å²) in [4.78, 5) is 16.7. The van der Waals surface area contributed by atoms with Crippen LogP contribution in [0, 0.1) is 24.1 Å². The number of aromatic nitrogens is 6. The SMILES string of the molecule is Cc1ccc(-n2nccn2)c(C(=O)N(CCC#N)[C@@H](C)Cn2cc(-c3ccc(F)cc3)nn2)c1. The lowest BCUT2D eigenvalue weighted by Gasteiger charge is -2.29. The van der Waals surface area contributed by atoms with E-state index in [9.17, 15) is 14.4 Å². The van der Waals surface area contributed by atoms with Crippen molar-refractivity contribution in [1.82, 2.24) is 34.9 Å². The van der Waals surface area contributed by atoms with Gasteiger partial charge in [0, 0.05) is 18.2 Å². The second-order valence-corrected chi connectivity index (χ2v) is 7.93.